The first-order chi connectivity index (χ1) is 10.5. The third-order valence-corrected chi connectivity index (χ3v) is 3.51. The second-order valence-electron chi connectivity index (χ2n) is 4.47. The maximum absolute atomic E-state index is 11.8. The maximum Gasteiger partial charge on any atom is 0.261 e. The Labute approximate surface area is 131 Å². The van der Waals surface area contributed by atoms with Crippen molar-refractivity contribution >= 4 is 40.4 Å². The van der Waals surface area contributed by atoms with E-state index < -0.39 is 0 Å². The van der Waals surface area contributed by atoms with Gasteiger partial charge in [-0.2, -0.15) is 0 Å². The van der Waals surface area contributed by atoms with E-state index in [-0.39, 0.29) is 24.3 Å². The van der Waals surface area contributed by atoms with Crippen LogP contribution in [0, 0.1) is 0 Å². The van der Waals surface area contributed by atoms with Gasteiger partial charge in [0.15, 0.2) is 0 Å². The Morgan fingerprint density at radius 2 is 1.64 bits per heavy atom. The standard InChI is InChI=1S/C15H15N3O3S/c1-10(19)17-11-4-6-12(7-5-11)18-14(20)9-16-15(21)13-3-2-8-22-13/h2-8H,9H2,1H3,(H,16,21)(H,17,19)(H,18,20). The lowest BCUT2D eigenvalue weighted by Crippen LogP contribution is -2.32. The molecule has 3 amide bonds. The SMILES string of the molecule is CC(=O)Nc1ccc(NC(=O)CNC(=O)c2cccs2)cc1. The van der Waals surface area contributed by atoms with Crippen molar-refractivity contribution in [1.29, 1.82) is 0 Å². The van der Waals surface area contributed by atoms with Crippen LogP contribution in [0.15, 0.2) is 41.8 Å². The summed E-state index contributed by atoms with van der Waals surface area (Å²) in [5, 5.41) is 9.64. The van der Waals surface area contributed by atoms with Gasteiger partial charge in [-0.3, -0.25) is 14.4 Å². The van der Waals surface area contributed by atoms with Gasteiger partial charge in [-0.1, -0.05) is 6.07 Å². The van der Waals surface area contributed by atoms with Gasteiger partial charge in [0, 0.05) is 18.3 Å². The lowest BCUT2D eigenvalue weighted by atomic mass is 10.2. The molecule has 0 aliphatic carbocycles. The number of rotatable bonds is 5. The van der Waals surface area contributed by atoms with E-state index in [9.17, 15) is 14.4 Å². The summed E-state index contributed by atoms with van der Waals surface area (Å²) in [5.74, 6) is -0.753. The molecule has 6 nitrogen and oxygen atoms in total. The number of hydrogen-bond donors (Lipinski definition) is 3. The minimum absolute atomic E-state index is 0.107. The zero-order valence-corrected chi connectivity index (χ0v) is 12.7. The molecule has 0 saturated heterocycles. The normalized spacial score (nSPS) is 9.86. The topological polar surface area (TPSA) is 87.3 Å². The average molecular weight is 317 g/mol. The van der Waals surface area contributed by atoms with Gasteiger partial charge in [0.1, 0.15) is 0 Å². The number of anilines is 2. The molecule has 0 bridgehead atoms. The largest absolute Gasteiger partial charge is 0.342 e. The van der Waals surface area contributed by atoms with Gasteiger partial charge in [0.05, 0.1) is 11.4 Å². The molecule has 0 unspecified atom stereocenters. The van der Waals surface area contributed by atoms with Crippen molar-refractivity contribution in [2.24, 2.45) is 0 Å². The minimum atomic E-state index is -0.322. The number of thiophene rings is 1. The number of carbonyl (C=O) groups excluding carboxylic acids is 3. The molecule has 0 fully saturated rings. The second-order valence-corrected chi connectivity index (χ2v) is 5.41. The predicted molar refractivity (Wildman–Crippen MR) is 86.0 cm³/mol. The van der Waals surface area contributed by atoms with Crippen molar-refractivity contribution in [3.05, 3.63) is 46.7 Å². The van der Waals surface area contributed by atoms with E-state index in [0.717, 1.165) is 0 Å². The zero-order chi connectivity index (χ0) is 15.9. The van der Waals surface area contributed by atoms with Gasteiger partial charge in [-0.25, -0.2) is 0 Å². The summed E-state index contributed by atoms with van der Waals surface area (Å²) in [4.78, 5) is 34.9. The Morgan fingerprint density at radius 1 is 1.00 bits per heavy atom. The summed E-state index contributed by atoms with van der Waals surface area (Å²) in [6, 6.07) is 10.2. The van der Waals surface area contributed by atoms with Crippen LogP contribution in [0.3, 0.4) is 0 Å². The molecule has 0 saturated carbocycles. The van der Waals surface area contributed by atoms with Crippen LogP contribution in [0.5, 0.6) is 0 Å². The molecular weight excluding hydrogens is 302 g/mol. The molecule has 2 rings (SSSR count). The van der Waals surface area contributed by atoms with Gasteiger partial charge in [0.25, 0.3) is 5.91 Å². The van der Waals surface area contributed by atoms with Crippen LogP contribution in [0.1, 0.15) is 16.6 Å². The molecule has 0 aliphatic rings. The molecule has 7 heteroatoms. The molecule has 0 aliphatic heterocycles. The average Bonchev–Trinajstić information content (AvgIpc) is 3.00. The highest BCUT2D eigenvalue weighted by Gasteiger charge is 2.08. The van der Waals surface area contributed by atoms with Crippen LogP contribution < -0.4 is 16.0 Å². The highest BCUT2D eigenvalue weighted by molar-refractivity contribution is 7.12. The van der Waals surface area contributed by atoms with Gasteiger partial charge in [-0.15, -0.1) is 11.3 Å². The van der Waals surface area contributed by atoms with Crippen molar-refractivity contribution in [2.45, 2.75) is 6.92 Å². The molecule has 0 radical (unpaired) electrons. The summed E-state index contributed by atoms with van der Waals surface area (Å²) in [6.45, 7) is 1.32. The summed E-state index contributed by atoms with van der Waals surface area (Å²) in [6.07, 6.45) is 0. The highest BCUT2D eigenvalue weighted by atomic mass is 32.1. The number of nitrogens with one attached hydrogen (secondary N) is 3. The highest BCUT2D eigenvalue weighted by Crippen LogP contribution is 2.13. The maximum atomic E-state index is 11.8. The van der Waals surface area contributed by atoms with Crippen LogP contribution in [-0.2, 0) is 9.59 Å². The molecule has 1 aromatic carbocycles. The fourth-order valence-electron chi connectivity index (χ4n) is 1.70. The van der Waals surface area contributed by atoms with Crippen LogP contribution in [0.4, 0.5) is 11.4 Å². The second kappa shape index (κ2) is 7.37. The monoisotopic (exact) mass is 317 g/mol. The van der Waals surface area contributed by atoms with Crippen LogP contribution in [-0.4, -0.2) is 24.3 Å². The number of hydrogen-bond acceptors (Lipinski definition) is 4. The first-order valence-corrected chi connectivity index (χ1v) is 7.42. The van der Waals surface area contributed by atoms with Crippen molar-refractivity contribution in [1.82, 2.24) is 5.32 Å². The lowest BCUT2D eigenvalue weighted by molar-refractivity contribution is -0.115. The van der Waals surface area contributed by atoms with Gasteiger partial charge < -0.3 is 16.0 Å². The summed E-state index contributed by atoms with van der Waals surface area (Å²) >= 11 is 1.31. The Hall–Kier alpha value is -2.67. The Morgan fingerprint density at radius 3 is 2.18 bits per heavy atom. The van der Waals surface area contributed by atoms with E-state index in [1.54, 1.807) is 41.8 Å². The molecule has 22 heavy (non-hydrogen) atoms. The predicted octanol–water partition coefficient (Wildman–Crippen LogP) is 2.07. The smallest absolute Gasteiger partial charge is 0.261 e. The van der Waals surface area contributed by atoms with E-state index in [4.69, 9.17) is 0 Å². The quantitative estimate of drug-likeness (QED) is 0.789. The molecule has 0 spiro atoms. The van der Waals surface area contributed by atoms with Gasteiger partial charge >= 0.3 is 0 Å². The summed E-state index contributed by atoms with van der Waals surface area (Å²) in [7, 11) is 0. The van der Waals surface area contributed by atoms with E-state index in [1.165, 1.54) is 18.3 Å². The van der Waals surface area contributed by atoms with Crippen molar-refractivity contribution in [3.63, 3.8) is 0 Å². The molecule has 2 aromatic rings. The molecule has 1 aromatic heterocycles. The number of benzene rings is 1. The Balaban J connectivity index is 1.81. The third kappa shape index (κ3) is 4.71. The number of amides is 3. The number of carbonyl (C=O) groups is 3. The first kappa shape index (κ1) is 15.7. The van der Waals surface area contributed by atoms with Gasteiger partial charge in [-0.05, 0) is 35.7 Å². The fourth-order valence-corrected chi connectivity index (χ4v) is 2.34. The Kier molecular flexibility index (Phi) is 5.26. The van der Waals surface area contributed by atoms with E-state index in [0.29, 0.717) is 16.3 Å². The molecule has 3 N–H and O–H groups in total. The first-order valence-electron chi connectivity index (χ1n) is 6.54. The molecule has 0 atom stereocenters. The fraction of sp³-hybridized carbons (Fsp3) is 0.133. The van der Waals surface area contributed by atoms with Crippen molar-refractivity contribution in [3.8, 4) is 0 Å². The minimum Gasteiger partial charge on any atom is -0.342 e. The zero-order valence-electron chi connectivity index (χ0n) is 11.9. The molecule has 114 valence electrons. The van der Waals surface area contributed by atoms with Crippen LogP contribution >= 0.6 is 11.3 Å². The summed E-state index contributed by atoms with van der Waals surface area (Å²) in [5.41, 5.74) is 1.24. The molecule has 1 heterocycles. The Bertz CT molecular complexity index is 666. The van der Waals surface area contributed by atoms with Crippen LogP contribution in [0.25, 0.3) is 0 Å². The van der Waals surface area contributed by atoms with Crippen LogP contribution in [0.2, 0.25) is 0 Å². The van der Waals surface area contributed by atoms with E-state index in [1.807, 2.05) is 0 Å². The summed E-state index contributed by atoms with van der Waals surface area (Å²) < 4.78 is 0. The lowest BCUT2D eigenvalue weighted by Gasteiger charge is -2.07. The van der Waals surface area contributed by atoms with E-state index >= 15 is 0 Å². The van der Waals surface area contributed by atoms with E-state index in [2.05, 4.69) is 16.0 Å². The van der Waals surface area contributed by atoms with Crippen molar-refractivity contribution in [2.75, 3.05) is 17.2 Å². The third-order valence-electron chi connectivity index (χ3n) is 2.64. The van der Waals surface area contributed by atoms with Crippen molar-refractivity contribution < 1.29 is 14.4 Å². The van der Waals surface area contributed by atoms with Gasteiger partial charge in [0.2, 0.25) is 11.8 Å². The molecular formula is C15H15N3O3S.